The van der Waals surface area contributed by atoms with Crippen molar-refractivity contribution in [1.29, 1.82) is 0 Å². The van der Waals surface area contributed by atoms with Gasteiger partial charge in [-0.3, -0.25) is 4.40 Å². The molecule has 5 nitrogen and oxygen atoms in total. The van der Waals surface area contributed by atoms with Crippen molar-refractivity contribution in [2.45, 2.75) is 26.2 Å². The second kappa shape index (κ2) is 6.19. The Hall–Kier alpha value is -3.16. The van der Waals surface area contributed by atoms with Crippen molar-refractivity contribution in [3.05, 3.63) is 59.2 Å². The minimum absolute atomic E-state index is 0.0733. The maximum Gasteiger partial charge on any atom is 0.297 e. The molecule has 4 aromatic rings. The lowest BCUT2D eigenvalue weighted by Crippen LogP contribution is -2.26. The van der Waals surface area contributed by atoms with Gasteiger partial charge in [-0.1, -0.05) is 12.1 Å². The molecule has 0 spiro atoms. The van der Waals surface area contributed by atoms with E-state index in [1.807, 2.05) is 17.0 Å². The molecule has 142 valence electrons. The van der Waals surface area contributed by atoms with E-state index in [9.17, 15) is 13.2 Å². The molecule has 5 rings (SSSR count). The number of rotatable bonds is 2. The zero-order chi connectivity index (χ0) is 19.4. The monoisotopic (exact) mass is 383 g/mol. The van der Waals surface area contributed by atoms with E-state index in [-0.39, 0.29) is 5.78 Å². The van der Waals surface area contributed by atoms with Crippen LogP contribution >= 0.6 is 0 Å². The normalized spacial score (nSPS) is 14.2. The van der Waals surface area contributed by atoms with Gasteiger partial charge in [0.15, 0.2) is 0 Å². The maximum absolute atomic E-state index is 14.1. The Kier molecular flexibility index (Phi) is 3.75. The SMILES string of the molecule is Cc1cccc2c1CCCN2c1nc2nnc(C(F)F)n2c2ccc(F)cc12. The third-order valence-electron chi connectivity index (χ3n) is 5.25. The summed E-state index contributed by atoms with van der Waals surface area (Å²) in [6.07, 6.45) is -0.946. The van der Waals surface area contributed by atoms with E-state index >= 15 is 0 Å². The number of alkyl halides is 2. The summed E-state index contributed by atoms with van der Waals surface area (Å²) >= 11 is 0. The molecule has 8 heteroatoms. The van der Waals surface area contributed by atoms with Crippen LogP contribution in [0.5, 0.6) is 0 Å². The van der Waals surface area contributed by atoms with Crippen LogP contribution in [0.25, 0.3) is 16.7 Å². The van der Waals surface area contributed by atoms with Gasteiger partial charge in [-0.15, -0.1) is 10.2 Å². The van der Waals surface area contributed by atoms with Crippen molar-refractivity contribution in [3.8, 4) is 0 Å². The predicted molar refractivity (Wildman–Crippen MR) is 99.7 cm³/mol. The Labute approximate surface area is 158 Å². The number of hydrogen-bond donors (Lipinski definition) is 0. The largest absolute Gasteiger partial charge is 0.325 e. The van der Waals surface area contributed by atoms with Crippen molar-refractivity contribution in [2.75, 3.05) is 11.4 Å². The highest BCUT2D eigenvalue weighted by molar-refractivity contribution is 5.94. The molecule has 0 aliphatic carbocycles. The molecule has 0 radical (unpaired) electrons. The van der Waals surface area contributed by atoms with Crippen LogP contribution in [0.4, 0.5) is 24.7 Å². The molecular formula is C20H16F3N5. The lowest BCUT2D eigenvalue weighted by Gasteiger charge is -2.32. The summed E-state index contributed by atoms with van der Waals surface area (Å²) in [5.74, 6) is -0.380. The van der Waals surface area contributed by atoms with E-state index in [0.29, 0.717) is 23.3 Å². The van der Waals surface area contributed by atoms with E-state index in [0.717, 1.165) is 18.5 Å². The second-order valence-corrected chi connectivity index (χ2v) is 6.92. The lowest BCUT2D eigenvalue weighted by molar-refractivity contribution is 0.139. The topological polar surface area (TPSA) is 46.3 Å². The Morgan fingerprint density at radius 2 is 1.96 bits per heavy atom. The Morgan fingerprint density at radius 3 is 2.79 bits per heavy atom. The van der Waals surface area contributed by atoms with E-state index in [1.54, 1.807) is 0 Å². The van der Waals surface area contributed by atoms with Gasteiger partial charge < -0.3 is 4.90 Å². The smallest absolute Gasteiger partial charge is 0.297 e. The van der Waals surface area contributed by atoms with Crippen LogP contribution in [0.3, 0.4) is 0 Å². The fourth-order valence-electron chi connectivity index (χ4n) is 3.99. The summed E-state index contributed by atoms with van der Waals surface area (Å²) in [6.45, 7) is 2.76. The Bertz CT molecular complexity index is 1220. The highest BCUT2D eigenvalue weighted by Gasteiger charge is 2.26. The van der Waals surface area contributed by atoms with Gasteiger partial charge in [-0.2, -0.15) is 4.98 Å². The van der Waals surface area contributed by atoms with Gasteiger partial charge in [0.05, 0.1) is 5.52 Å². The molecule has 0 N–H and O–H groups in total. The van der Waals surface area contributed by atoms with Gasteiger partial charge in [0.2, 0.25) is 5.82 Å². The van der Waals surface area contributed by atoms with Gasteiger partial charge in [0.1, 0.15) is 11.6 Å². The summed E-state index contributed by atoms with van der Waals surface area (Å²) in [7, 11) is 0. The van der Waals surface area contributed by atoms with Crippen LogP contribution in [0.2, 0.25) is 0 Å². The third-order valence-corrected chi connectivity index (χ3v) is 5.25. The van der Waals surface area contributed by atoms with Gasteiger partial charge in [-0.25, -0.2) is 13.2 Å². The van der Waals surface area contributed by atoms with Crippen LogP contribution in [0, 0.1) is 12.7 Å². The maximum atomic E-state index is 14.1. The van der Waals surface area contributed by atoms with E-state index < -0.39 is 18.1 Å². The van der Waals surface area contributed by atoms with Gasteiger partial charge in [0, 0.05) is 17.6 Å². The van der Waals surface area contributed by atoms with Gasteiger partial charge in [-0.05, 0) is 55.2 Å². The summed E-state index contributed by atoms with van der Waals surface area (Å²) < 4.78 is 42.1. The van der Waals surface area contributed by atoms with E-state index in [1.165, 1.54) is 33.7 Å². The first kappa shape index (κ1) is 17.0. The molecular weight excluding hydrogens is 367 g/mol. The quantitative estimate of drug-likeness (QED) is 0.501. The van der Waals surface area contributed by atoms with E-state index in [2.05, 4.69) is 28.2 Å². The molecule has 3 heterocycles. The number of aryl methyl sites for hydroxylation is 1. The molecule has 28 heavy (non-hydrogen) atoms. The van der Waals surface area contributed by atoms with Crippen LogP contribution in [0.15, 0.2) is 36.4 Å². The molecule has 1 aliphatic rings. The van der Waals surface area contributed by atoms with Crippen molar-refractivity contribution in [2.24, 2.45) is 0 Å². The second-order valence-electron chi connectivity index (χ2n) is 6.92. The fourth-order valence-corrected chi connectivity index (χ4v) is 3.99. The molecule has 0 bridgehead atoms. The highest BCUT2D eigenvalue weighted by Crippen LogP contribution is 2.38. The van der Waals surface area contributed by atoms with Crippen molar-refractivity contribution < 1.29 is 13.2 Å². The summed E-state index contributed by atoms with van der Waals surface area (Å²) in [5, 5.41) is 7.89. The molecule has 0 atom stereocenters. The molecule has 0 fully saturated rings. The summed E-state index contributed by atoms with van der Waals surface area (Å²) in [5.41, 5.74) is 3.81. The Balaban J connectivity index is 1.84. The van der Waals surface area contributed by atoms with Crippen molar-refractivity contribution in [1.82, 2.24) is 19.6 Å². The van der Waals surface area contributed by atoms with Crippen LogP contribution in [-0.2, 0) is 6.42 Å². The number of hydrogen-bond acceptors (Lipinski definition) is 4. The van der Waals surface area contributed by atoms with E-state index in [4.69, 9.17) is 0 Å². The molecule has 0 unspecified atom stereocenters. The number of aromatic nitrogens is 4. The first-order chi connectivity index (χ1) is 13.5. The van der Waals surface area contributed by atoms with Crippen molar-refractivity contribution in [3.63, 3.8) is 0 Å². The van der Waals surface area contributed by atoms with Gasteiger partial charge >= 0.3 is 0 Å². The molecule has 2 aromatic heterocycles. The van der Waals surface area contributed by atoms with Gasteiger partial charge in [0.25, 0.3) is 12.2 Å². The predicted octanol–water partition coefficient (Wildman–Crippen LogP) is 4.75. The molecule has 2 aromatic carbocycles. The van der Waals surface area contributed by atoms with Crippen LogP contribution in [-0.4, -0.2) is 26.1 Å². The number of benzene rings is 2. The lowest BCUT2D eigenvalue weighted by atomic mass is 9.97. The number of nitrogens with zero attached hydrogens (tertiary/aromatic N) is 5. The standard InChI is InChI=1S/C20H16F3N5/c1-11-4-2-6-15-13(11)5-3-9-27(15)18-14-10-12(21)7-8-16(14)28-19(17(22)23)25-26-20(28)24-18/h2,4,6-8,10,17H,3,5,9H2,1H3. The number of fused-ring (bicyclic) bond motifs is 4. The van der Waals surface area contributed by atoms with Crippen LogP contribution in [0.1, 0.15) is 29.8 Å². The minimum atomic E-state index is -2.81. The Morgan fingerprint density at radius 1 is 1.11 bits per heavy atom. The average Bonchev–Trinajstić information content (AvgIpc) is 3.11. The first-order valence-corrected chi connectivity index (χ1v) is 9.03. The van der Waals surface area contributed by atoms with Crippen LogP contribution < -0.4 is 4.90 Å². The first-order valence-electron chi connectivity index (χ1n) is 9.03. The average molecular weight is 383 g/mol. The van der Waals surface area contributed by atoms with Crippen molar-refractivity contribution >= 4 is 28.2 Å². The zero-order valence-electron chi connectivity index (χ0n) is 15.0. The summed E-state index contributed by atoms with van der Waals surface area (Å²) in [6, 6.07) is 10.1. The zero-order valence-corrected chi connectivity index (χ0v) is 15.0. The molecule has 0 amide bonds. The molecule has 0 saturated carbocycles. The summed E-state index contributed by atoms with van der Waals surface area (Å²) in [4.78, 5) is 6.53. The number of halogens is 3. The number of anilines is 2. The highest BCUT2D eigenvalue weighted by atomic mass is 19.3. The fraction of sp³-hybridized carbons (Fsp3) is 0.250. The molecule has 1 aliphatic heterocycles. The third kappa shape index (κ3) is 2.44. The minimum Gasteiger partial charge on any atom is -0.325 e. The molecule has 0 saturated heterocycles.